The van der Waals surface area contributed by atoms with Crippen molar-refractivity contribution in [2.75, 3.05) is 52.6 Å². The molecule has 0 radical (unpaired) electrons. The Bertz CT molecular complexity index is 3100. The fourth-order valence-corrected chi connectivity index (χ4v) is 10.2. The minimum absolute atomic E-state index is 0. The van der Waals surface area contributed by atoms with Crippen molar-refractivity contribution in [2.24, 2.45) is 11.8 Å². The Morgan fingerprint density at radius 2 is 1.15 bits per heavy atom. The van der Waals surface area contributed by atoms with Gasteiger partial charge in [0.2, 0.25) is 0 Å². The molecule has 6 aromatic heterocycles. The monoisotopic (exact) mass is 940 g/mol. The number of aromatic nitrogens is 10. The van der Waals surface area contributed by atoms with Crippen LogP contribution in [0.5, 0.6) is 0 Å². The average molecular weight is 942 g/mol. The molecule has 356 valence electrons. The molecule has 17 heteroatoms. The molecule has 2 aromatic carbocycles. The maximum Gasteiger partial charge on any atom is 0.276 e. The molecule has 12 rings (SSSR count). The summed E-state index contributed by atoms with van der Waals surface area (Å²) in [5, 5.41) is 15.3. The molecule has 0 aliphatic carbocycles. The first-order chi connectivity index (χ1) is 32.8. The molecule has 4 fully saturated rings. The zero-order chi connectivity index (χ0) is 45.9. The maximum atomic E-state index is 12.9. The second-order valence-electron chi connectivity index (χ2n) is 18.4. The highest BCUT2D eigenvalue weighted by molar-refractivity contribution is 6.17. The number of aromatic amines is 2. The number of fused-ring (bicyclic) bond motifs is 4. The zero-order valence-electron chi connectivity index (χ0n) is 38.0. The van der Waals surface area contributed by atoms with Crippen molar-refractivity contribution in [2.45, 2.75) is 83.1 Å². The minimum atomic E-state index is -0.118. The van der Waals surface area contributed by atoms with Crippen molar-refractivity contribution in [3.8, 4) is 0 Å². The molecule has 4 unspecified atom stereocenters. The Balaban J connectivity index is 0.000000141. The summed E-state index contributed by atoms with van der Waals surface area (Å²) in [6.45, 7) is 11.8. The summed E-state index contributed by atoms with van der Waals surface area (Å²) in [6.07, 6.45) is 6.98. The molecule has 8 aromatic rings. The third kappa shape index (κ3) is 10.1. The molecule has 3 N–H and O–H groups in total. The lowest BCUT2D eigenvalue weighted by Crippen LogP contribution is -2.24. The van der Waals surface area contributed by atoms with E-state index in [2.05, 4.69) is 73.2 Å². The second kappa shape index (κ2) is 21.2. The van der Waals surface area contributed by atoms with Gasteiger partial charge < -0.3 is 24.8 Å². The molecule has 0 spiro atoms. The first-order valence-electron chi connectivity index (χ1n) is 23.6. The Morgan fingerprint density at radius 1 is 0.632 bits per heavy atom. The van der Waals surface area contributed by atoms with E-state index in [1.54, 1.807) is 21.4 Å². The van der Waals surface area contributed by atoms with Crippen LogP contribution < -0.4 is 16.4 Å². The average Bonchev–Trinajstić information content (AvgIpc) is 4.19. The molecular formula is C51H61ClN12O4. The maximum absolute atomic E-state index is 12.9. The Morgan fingerprint density at radius 3 is 1.68 bits per heavy atom. The van der Waals surface area contributed by atoms with Gasteiger partial charge in [-0.05, 0) is 68.3 Å². The predicted octanol–water partition coefficient (Wildman–Crippen LogP) is 7.34. The van der Waals surface area contributed by atoms with Crippen LogP contribution in [-0.4, -0.2) is 107 Å². The summed E-state index contributed by atoms with van der Waals surface area (Å²) >= 11 is 5.66. The lowest BCUT2D eigenvalue weighted by molar-refractivity contribution is 0.0831. The van der Waals surface area contributed by atoms with E-state index in [-0.39, 0.29) is 36.3 Å². The topological polar surface area (TPSA) is 186 Å². The van der Waals surface area contributed by atoms with Crippen molar-refractivity contribution in [1.29, 1.82) is 0 Å². The van der Waals surface area contributed by atoms with Gasteiger partial charge in [-0.2, -0.15) is 10.2 Å². The molecule has 0 saturated carbocycles. The van der Waals surface area contributed by atoms with Crippen molar-refractivity contribution in [3.63, 3.8) is 0 Å². The first-order valence-corrected chi connectivity index (χ1v) is 24.1. The first kappa shape index (κ1) is 47.2. The lowest BCUT2D eigenvalue weighted by atomic mass is 9.97. The van der Waals surface area contributed by atoms with Gasteiger partial charge in [-0.3, -0.25) is 24.5 Å². The molecule has 4 aliphatic heterocycles. The van der Waals surface area contributed by atoms with Crippen LogP contribution in [0.4, 0.5) is 0 Å². The molecule has 0 bridgehead atoms. The van der Waals surface area contributed by atoms with Gasteiger partial charge in [0.15, 0.2) is 11.0 Å². The van der Waals surface area contributed by atoms with E-state index in [0.29, 0.717) is 34.7 Å². The number of nitrogens with one attached hydrogen (secondary N) is 3. The van der Waals surface area contributed by atoms with E-state index in [9.17, 15) is 9.59 Å². The van der Waals surface area contributed by atoms with Gasteiger partial charge in [-0.15, -0.1) is 11.6 Å². The number of ether oxygens (including phenoxy) is 2. The van der Waals surface area contributed by atoms with Crippen molar-refractivity contribution < 1.29 is 9.47 Å². The quantitative estimate of drug-likeness (QED) is 0.135. The highest BCUT2D eigenvalue weighted by atomic mass is 35.5. The third-order valence-electron chi connectivity index (χ3n) is 13.8. The molecule has 4 atom stereocenters. The Labute approximate surface area is 399 Å². The molecular weight excluding hydrogens is 880 g/mol. The normalized spacial score (nSPS) is 21.4. The van der Waals surface area contributed by atoms with Gasteiger partial charge in [-0.25, -0.2) is 19.0 Å². The summed E-state index contributed by atoms with van der Waals surface area (Å²) in [5.41, 5.74) is 4.85. The van der Waals surface area contributed by atoms with Crippen LogP contribution in [0.25, 0.3) is 32.8 Å². The number of H-pyrrole nitrogens is 2. The van der Waals surface area contributed by atoms with E-state index in [1.165, 1.54) is 0 Å². The van der Waals surface area contributed by atoms with Crippen LogP contribution in [0.1, 0.15) is 105 Å². The summed E-state index contributed by atoms with van der Waals surface area (Å²) in [5.74, 6) is 5.61. The fraction of sp³-hybridized carbons (Fsp3) is 0.451. The lowest BCUT2D eigenvalue weighted by Gasteiger charge is -2.21. The summed E-state index contributed by atoms with van der Waals surface area (Å²) in [6, 6.07) is 24.5. The van der Waals surface area contributed by atoms with Gasteiger partial charge >= 0.3 is 0 Å². The number of likely N-dealkylation sites (tertiary alicyclic amines) is 1. The minimum Gasteiger partial charge on any atom is -0.381 e. The van der Waals surface area contributed by atoms with Crippen LogP contribution >= 0.6 is 11.6 Å². The number of pyridine rings is 2. The standard InChI is InChI=1S/C25H28N6O2.C15H21N5O2.C10H8ClN.CH4/c1-16-13-30(14-19-7-6-17-4-2-3-5-21(17)27-19)15-20(16)23-28-25(32)22-12-26-24(31(22)29-23)18-8-10-33-11-9-18;1-9-6-16-7-11(9)13-18-15(21)12-8-17-14(20(12)19-13)10-2-4-22-5-3-10;11-7-9-6-5-8-3-1-2-4-10(8)12-9;/h2-7,12,16,18,20H,8-11,13-15H2,1H3,(H,28,29,32);8-11,16H,2-7H2,1H3,(H,18,19,21);1-6H,7H2;1H4. The van der Waals surface area contributed by atoms with Gasteiger partial charge in [0.1, 0.15) is 23.3 Å². The van der Waals surface area contributed by atoms with E-state index >= 15 is 0 Å². The van der Waals surface area contributed by atoms with Crippen molar-refractivity contribution in [3.05, 3.63) is 141 Å². The fourth-order valence-electron chi connectivity index (χ4n) is 10.0. The SMILES string of the molecule is C.CC1CN(Cc2ccc3ccccc3n2)CC1c1nn2c(C3CCOCC3)ncc2c(=O)[nH]1.CC1CNCC1c1nn2c(C3CCOCC3)ncc2c(=O)[nH]1.ClCc1ccc2ccccc2n1. The second-order valence-corrected chi connectivity index (χ2v) is 18.7. The van der Waals surface area contributed by atoms with Gasteiger partial charge in [0, 0.05) is 87.1 Å². The van der Waals surface area contributed by atoms with Crippen LogP contribution in [0.2, 0.25) is 0 Å². The third-order valence-corrected chi connectivity index (χ3v) is 14.1. The number of nitrogens with zero attached hydrogens (tertiary/aromatic N) is 9. The number of alkyl halides is 1. The number of rotatable bonds is 7. The van der Waals surface area contributed by atoms with Crippen LogP contribution in [0, 0.1) is 11.8 Å². The number of para-hydroxylation sites is 2. The molecule has 16 nitrogen and oxygen atoms in total. The highest BCUT2D eigenvalue weighted by Crippen LogP contribution is 2.32. The van der Waals surface area contributed by atoms with Crippen LogP contribution in [0.3, 0.4) is 0 Å². The molecule has 0 amide bonds. The largest absolute Gasteiger partial charge is 0.381 e. The number of imidazole rings is 2. The smallest absolute Gasteiger partial charge is 0.276 e. The number of halogens is 1. The van der Waals surface area contributed by atoms with Crippen LogP contribution in [-0.2, 0) is 21.9 Å². The van der Waals surface area contributed by atoms with E-state index in [4.69, 9.17) is 36.3 Å². The van der Waals surface area contributed by atoms with Crippen molar-refractivity contribution >= 4 is 44.4 Å². The van der Waals surface area contributed by atoms with Gasteiger partial charge in [0.05, 0.1) is 40.7 Å². The van der Waals surface area contributed by atoms with E-state index < -0.39 is 0 Å². The van der Waals surface area contributed by atoms with E-state index in [1.807, 2.05) is 48.5 Å². The summed E-state index contributed by atoms with van der Waals surface area (Å²) in [4.78, 5) is 51.9. The van der Waals surface area contributed by atoms with Gasteiger partial charge in [0.25, 0.3) is 11.1 Å². The predicted molar refractivity (Wildman–Crippen MR) is 265 cm³/mol. The number of benzene rings is 2. The zero-order valence-corrected chi connectivity index (χ0v) is 38.7. The number of hydrogen-bond acceptors (Lipinski definition) is 12. The highest BCUT2D eigenvalue weighted by Gasteiger charge is 2.34. The molecule has 4 saturated heterocycles. The Hall–Kier alpha value is -5.91. The summed E-state index contributed by atoms with van der Waals surface area (Å²) in [7, 11) is 0. The molecule has 68 heavy (non-hydrogen) atoms. The van der Waals surface area contributed by atoms with Crippen LogP contribution in [0.15, 0.2) is 94.8 Å². The summed E-state index contributed by atoms with van der Waals surface area (Å²) < 4.78 is 14.5. The van der Waals surface area contributed by atoms with Crippen molar-refractivity contribution in [1.82, 2.24) is 59.3 Å². The van der Waals surface area contributed by atoms with Gasteiger partial charge in [-0.1, -0.05) is 69.8 Å². The number of hydrogen-bond donors (Lipinski definition) is 3. The van der Waals surface area contributed by atoms with E-state index in [0.717, 1.165) is 141 Å². The Kier molecular flexibility index (Phi) is 14.7. The molecule has 4 aliphatic rings. The molecule has 10 heterocycles.